The Hall–Kier alpha value is -1.32. The van der Waals surface area contributed by atoms with Gasteiger partial charge in [0.2, 0.25) is 0 Å². The summed E-state index contributed by atoms with van der Waals surface area (Å²) >= 11 is 0. The van der Waals surface area contributed by atoms with Gasteiger partial charge >= 0.3 is 0 Å². The van der Waals surface area contributed by atoms with Gasteiger partial charge in [0.15, 0.2) is 11.6 Å². The van der Waals surface area contributed by atoms with Crippen molar-refractivity contribution in [2.75, 3.05) is 7.11 Å². The average Bonchev–Trinajstić information content (AvgIpc) is 2.45. The van der Waals surface area contributed by atoms with E-state index >= 15 is 0 Å². The second-order valence-corrected chi connectivity index (χ2v) is 4.28. The van der Waals surface area contributed by atoms with Crippen molar-refractivity contribution < 1.29 is 4.74 Å². The number of aromatic nitrogens is 3. The van der Waals surface area contributed by atoms with Gasteiger partial charge in [-0.3, -0.25) is 0 Å². The first-order valence-electron chi connectivity index (χ1n) is 4.51. The van der Waals surface area contributed by atoms with Gasteiger partial charge in [-0.15, -0.1) is 10.2 Å². The highest BCUT2D eigenvalue weighted by atomic mass is 16.5. The van der Waals surface area contributed by atoms with Crippen LogP contribution in [0.15, 0.2) is 6.58 Å². The number of rotatable bonds is 2. The molecule has 0 atom stereocenters. The van der Waals surface area contributed by atoms with Crippen LogP contribution in [0.25, 0.3) is 5.76 Å². The molecule has 14 heavy (non-hydrogen) atoms. The van der Waals surface area contributed by atoms with Crippen LogP contribution in [-0.4, -0.2) is 21.9 Å². The number of hydrogen-bond donors (Lipinski definition) is 0. The van der Waals surface area contributed by atoms with Gasteiger partial charge in [0.1, 0.15) is 5.82 Å². The first-order chi connectivity index (χ1) is 6.38. The van der Waals surface area contributed by atoms with E-state index in [2.05, 4.69) is 37.5 Å². The SMILES string of the molecule is C=C(OC)c1nnc(C(C)(C)C)n1C. The third kappa shape index (κ3) is 1.78. The highest BCUT2D eigenvalue weighted by molar-refractivity contribution is 5.49. The molecule has 1 aromatic heterocycles. The van der Waals surface area contributed by atoms with Crippen molar-refractivity contribution in [2.45, 2.75) is 26.2 Å². The maximum Gasteiger partial charge on any atom is 0.198 e. The minimum Gasteiger partial charge on any atom is -0.493 e. The van der Waals surface area contributed by atoms with Crippen molar-refractivity contribution in [3.8, 4) is 0 Å². The third-order valence-electron chi connectivity index (χ3n) is 2.04. The summed E-state index contributed by atoms with van der Waals surface area (Å²) in [6.45, 7) is 10.0. The first kappa shape index (κ1) is 10.8. The summed E-state index contributed by atoms with van der Waals surface area (Å²) in [6.07, 6.45) is 0. The number of methoxy groups -OCH3 is 1. The Labute approximate surface area is 84.6 Å². The van der Waals surface area contributed by atoms with Gasteiger partial charge in [-0.1, -0.05) is 27.4 Å². The molecule has 1 rings (SSSR count). The van der Waals surface area contributed by atoms with Gasteiger partial charge in [-0.2, -0.15) is 0 Å². The van der Waals surface area contributed by atoms with Crippen LogP contribution >= 0.6 is 0 Å². The fraction of sp³-hybridized carbons (Fsp3) is 0.600. The molecule has 0 aliphatic heterocycles. The van der Waals surface area contributed by atoms with Crippen molar-refractivity contribution in [1.82, 2.24) is 14.8 Å². The molecule has 0 amide bonds. The van der Waals surface area contributed by atoms with E-state index in [-0.39, 0.29) is 5.41 Å². The summed E-state index contributed by atoms with van der Waals surface area (Å²) in [5, 5.41) is 8.17. The van der Waals surface area contributed by atoms with E-state index in [0.29, 0.717) is 11.6 Å². The Morgan fingerprint density at radius 1 is 1.36 bits per heavy atom. The molecule has 0 aromatic carbocycles. The van der Waals surface area contributed by atoms with E-state index in [1.165, 1.54) is 0 Å². The smallest absolute Gasteiger partial charge is 0.198 e. The standard InChI is InChI=1S/C10H17N3O/c1-7(14-6)8-11-12-9(13(8)5)10(2,3)4/h1H2,2-6H3. The van der Waals surface area contributed by atoms with Gasteiger partial charge in [0, 0.05) is 12.5 Å². The maximum absolute atomic E-state index is 5.03. The largest absolute Gasteiger partial charge is 0.493 e. The van der Waals surface area contributed by atoms with Crippen LogP contribution in [0.5, 0.6) is 0 Å². The maximum atomic E-state index is 5.03. The zero-order valence-corrected chi connectivity index (χ0v) is 9.46. The van der Waals surface area contributed by atoms with Crippen molar-refractivity contribution in [3.63, 3.8) is 0 Å². The summed E-state index contributed by atoms with van der Waals surface area (Å²) in [5.74, 6) is 2.14. The van der Waals surface area contributed by atoms with E-state index in [0.717, 1.165) is 5.82 Å². The summed E-state index contributed by atoms with van der Waals surface area (Å²) in [5.41, 5.74) is -0.0198. The molecular weight excluding hydrogens is 178 g/mol. The summed E-state index contributed by atoms with van der Waals surface area (Å²) in [6, 6.07) is 0. The molecule has 0 spiro atoms. The zero-order chi connectivity index (χ0) is 10.9. The average molecular weight is 195 g/mol. The Morgan fingerprint density at radius 3 is 2.29 bits per heavy atom. The van der Waals surface area contributed by atoms with Crippen molar-refractivity contribution in [1.29, 1.82) is 0 Å². The minimum atomic E-state index is -0.0198. The molecule has 1 aromatic rings. The summed E-state index contributed by atoms with van der Waals surface area (Å²) in [7, 11) is 3.49. The van der Waals surface area contributed by atoms with Gasteiger partial charge in [0.25, 0.3) is 0 Å². The van der Waals surface area contributed by atoms with Crippen molar-refractivity contribution in [3.05, 3.63) is 18.2 Å². The van der Waals surface area contributed by atoms with Gasteiger partial charge in [-0.05, 0) is 0 Å². The predicted molar refractivity (Wildman–Crippen MR) is 55.7 cm³/mol. The molecule has 0 aliphatic rings. The van der Waals surface area contributed by atoms with Crippen LogP contribution in [0, 0.1) is 0 Å². The highest BCUT2D eigenvalue weighted by Gasteiger charge is 2.22. The van der Waals surface area contributed by atoms with Gasteiger partial charge < -0.3 is 9.30 Å². The molecule has 0 N–H and O–H groups in total. The molecule has 4 nitrogen and oxygen atoms in total. The highest BCUT2D eigenvalue weighted by Crippen LogP contribution is 2.21. The molecule has 0 fully saturated rings. The lowest BCUT2D eigenvalue weighted by atomic mass is 9.96. The lowest BCUT2D eigenvalue weighted by Crippen LogP contribution is -2.18. The molecule has 0 aliphatic carbocycles. The molecule has 4 heteroatoms. The predicted octanol–water partition coefficient (Wildman–Crippen LogP) is 1.73. The molecule has 1 heterocycles. The van der Waals surface area contributed by atoms with E-state index in [9.17, 15) is 0 Å². The van der Waals surface area contributed by atoms with E-state index in [1.807, 2.05) is 11.6 Å². The zero-order valence-electron chi connectivity index (χ0n) is 9.46. The molecular formula is C10H17N3O. The quantitative estimate of drug-likeness (QED) is 0.675. The van der Waals surface area contributed by atoms with Gasteiger partial charge in [-0.25, -0.2) is 0 Å². The fourth-order valence-electron chi connectivity index (χ4n) is 1.32. The van der Waals surface area contributed by atoms with Crippen LogP contribution in [-0.2, 0) is 17.2 Å². The minimum absolute atomic E-state index is 0.0198. The normalized spacial score (nSPS) is 11.5. The second kappa shape index (κ2) is 3.44. The Balaban J connectivity index is 3.15. The van der Waals surface area contributed by atoms with Crippen molar-refractivity contribution in [2.24, 2.45) is 7.05 Å². The lowest BCUT2D eigenvalue weighted by Gasteiger charge is -2.17. The second-order valence-electron chi connectivity index (χ2n) is 4.28. The topological polar surface area (TPSA) is 39.9 Å². The van der Waals surface area contributed by atoms with Crippen LogP contribution in [0.1, 0.15) is 32.4 Å². The van der Waals surface area contributed by atoms with Crippen molar-refractivity contribution >= 4 is 5.76 Å². The fourth-order valence-corrected chi connectivity index (χ4v) is 1.32. The first-order valence-corrected chi connectivity index (χ1v) is 4.51. The lowest BCUT2D eigenvalue weighted by molar-refractivity contribution is 0.365. The monoisotopic (exact) mass is 195 g/mol. The van der Waals surface area contributed by atoms with E-state index in [1.54, 1.807) is 7.11 Å². The third-order valence-corrected chi connectivity index (χ3v) is 2.04. The van der Waals surface area contributed by atoms with Crippen LogP contribution in [0.4, 0.5) is 0 Å². The Bertz CT molecular complexity index is 347. The molecule has 0 bridgehead atoms. The van der Waals surface area contributed by atoms with E-state index in [4.69, 9.17) is 4.74 Å². The Morgan fingerprint density at radius 2 is 1.93 bits per heavy atom. The molecule has 0 saturated heterocycles. The van der Waals surface area contributed by atoms with Gasteiger partial charge in [0.05, 0.1) is 7.11 Å². The van der Waals surface area contributed by atoms with Crippen LogP contribution < -0.4 is 0 Å². The number of ether oxygens (including phenoxy) is 1. The van der Waals surface area contributed by atoms with Crippen LogP contribution in [0.3, 0.4) is 0 Å². The number of hydrogen-bond acceptors (Lipinski definition) is 3. The molecule has 0 unspecified atom stereocenters. The molecule has 78 valence electrons. The molecule has 0 radical (unpaired) electrons. The summed E-state index contributed by atoms with van der Waals surface area (Å²) in [4.78, 5) is 0. The van der Waals surface area contributed by atoms with E-state index < -0.39 is 0 Å². The van der Waals surface area contributed by atoms with Crippen LogP contribution in [0.2, 0.25) is 0 Å². The molecule has 0 saturated carbocycles. The Kier molecular flexibility index (Phi) is 2.64. The number of nitrogens with zero attached hydrogens (tertiary/aromatic N) is 3. The summed E-state index contributed by atoms with van der Waals surface area (Å²) < 4.78 is 6.93.